The minimum Gasteiger partial charge on any atom is -0.372 e. The molecule has 0 saturated carbocycles. The SMILES string of the molecule is CCCCCc1sc[n+](CC(=O)N2CC(C)OC(C)C2)c1CCCCC. The number of thiazole rings is 1. The standard InChI is InChI=1S/C21H37N2O2S/c1-5-7-9-11-19-20(12-10-8-6-2)26-16-23(19)15-21(24)22-13-17(3)25-18(4)14-22/h16-18H,5-15H2,1-4H3/q+1. The average Bonchev–Trinajstić information content (AvgIpc) is 2.96. The minimum atomic E-state index is 0.129. The summed E-state index contributed by atoms with van der Waals surface area (Å²) in [5.74, 6) is 0.228. The summed E-state index contributed by atoms with van der Waals surface area (Å²) in [6, 6.07) is 0. The van der Waals surface area contributed by atoms with Crippen LogP contribution >= 0.6 is 11.3 Å². The van der Waals surface area contributed by atoms with Gasteiger partial charge in [-0.25, -0.2) is 0 Å². The molecule has 0 spiro atoms. The van der Waals surface area contributed by atoms with E-state index < -0.39 is 0 Å². The Labute approximate surface area is 163 Å². The van der Waals surface area contributed by atoms with Crippen LogP contribution in [0.15, 0.2) is 5.51 Å². The Morgan fingerprint density at radius 1 is 1.12 bits per heavy atom. The topological polar surface area (TPSA) is 33.4 Å². The summed E-state index contributed by atoms with van der Waals surface area (Å²) in [6.45, 7) is 10.5. The van der Waals surface area contributed by atoms with Gasteiger partial charge >= 0.3 is 0 Å². The number of morpholine rings is 1. The molecule has 0 bridgehead atoms. The third-order valence-electron chi connectivity index (χ3n) is 5.09. The zero-order valence-corrected chi connectivity index (χ0v) is 17.9. The number of unbranched alkanes of at least 4 members (excludes halogenated alkanes) is 4. The van der Waals surface area contributed by atoms with E-state index in [1.54, 1.807) is 0 Å². The van der Waals surface area contributed by atoms with Gasteiger partial charge in [0.1, 0.15) is 0 Å². The summed E-state index contributed by atoms with van der Waals surface area (Å²) in [7, 11) is 0. The van der Waals surface area contributed by atoms with Gasteiger partial charge < -0.3 is 9.64 Å². The van der Waals surface area contributed by atoms with Gasteiger partial charge in [0.05, 0.1) is 17.1 Å². The van der Waals surface area contributed by atoms with E-state index >= 15 is 0 Å². The normalized spacial score (nSPS) is 20.5. The van der Waals surface area contributed by atoms with Crippen LogP contribution in [0.25, 0.3) is 0 Å². The molecule has 148 valence electrons. The van der Waals surface area contributed by atoms with Crippen molar-refractivity contribution in [3.8, 4) is 0 Å². The number of hydrogen-bond acceptors (Lipinski definition) is 3. The van der Waals surface area contributed by atoms with E-state index in [0.29, 0.717) is 19.6 Å². The highest BCUT2D eigenvalue weighted by Crippen LogP contribution is 2.19. The summed E-state index contributed by atoms with van der Waals surface area (Å²) in [5, 5.41) is 0. The quantitative estimate of drug-likeness (QED) is 0.451. The number of carbonyl (C=O) groups excluding carboxylic acids is 1. The van der Waals surface area contributed by atoms with Crippen LogP contribution in [-0.2, 0) is 28.9 Å². The second-order valence-electron chi connectivity index (χ2n) is 7.69. The van der Waals surface area contributed by atoms with Gasteiger partial charge in [0.2, 0.25) is 12.1 Å². The number of rotatable bonds is 10. The van der Waals surface area contributed by atoms with Crippen molar-refractivity contribution in [2.24, 2.45) is 0 Å². The number of amides is 1. The largest absolute Gasteiger partial charge is 0.372 e. The van der Waals surface area contributed by atoms with Crippen molar-refractivity contribution in [2.75, 3.05) is 13.1 Å². The molecule has 1 aromatic rings. The van der Waals surface area contributed by atoms with Gasteiger partial charge in [-0.2, -0.15) is 4.57 Å². The lowest BCUT2D eigenvalue weighted by Gasteiger charge is -2.34. The first-order valence-electron chi connectivity index (χ1n) is 10.5. The van der Waals surface area contributed by atoms with Crippen molar-refractivity contribution >= 4 is 17.2 Å². The van der Waals surface area contributed by atoms with Crippen molar-refractivity contribution < 1.29 is 14.1 Å². The van der Waals surface area contributed by atoms with Crippen molar-refractivity contribution in [1.29, 1.82) is 0 Å². The molecule has 1 aromatic heterocycles. The highest BCUT2D eigenvalue weighted by atomic mass is 32.1. The molecule has 2 heterocycles. The third kappa shape index (κ3) is 6.34. The number of nitrogens with zero attached hydrogens (tertiary/aromatic N) is 2. The van der Waals surface area contributed by atoms with Crippen LogP contribution in [0.3, 0.4) is 0 Å². The highest BCUT2D eigenvalue weighted by molar-refractivity contribution is 7.09. The van der Waals surface area contributed by atoms with Gasteiger partial charge in [-0.1, -0.05) is 50.9 Å². The molecule has 1 amide bonds. The van der Waals surface area contributed by atoms with E-state index in [9.17, 15) is 4.79 Å². The van der Waals surface area contributed by atoms with Gasteiger partial charge in [-0.15, -0.1) is 0 Å². The van der Waals surface area contributed by atoms with Crippen molar-refractivity contribution in [3.05, 3.63) is 16.1 Å². The molecule has 0 N–H and O–H groups in total. The van der Waals surface area contributed by atoms with Crippen LogP contribution < -0.4 is 4.57 Å². The van der Waals surface area contributed by atoms with Crippen LogP contribution in [-0.4, -0.2) is 36.1 Å². The third-order valence-corrected chi connectivity index (χ3v) is 6.18. The summed E-state index contributed by atoms with van der Waals surface area (Å²) < 4.78 is 8.00. The zero-order chi connectivity index (χ0) is 18.9. The van der Waals surface area contributed by atoms with E-state index in [4.69, 9.17) is 4.74 Å². The van der Waals surface area contributed by atoms with Crippen LogP contribution in [0.2, 0.25) is 0 Å². The summed E-state index contributed by atoms with van der Waals surface area (Å²) >= 11 is 1.84. The summed E-state index contributed by atoms with van der Waals surface area (Å²) in [6.07, 6.45) is 10.0. The van der Waals surface area contributed by atoms with E-state index in [2.05, 4.69) is 37.8 Å². The molecule has 26 heavy (non-hydrogen) atoms. The molecule has 5 heteroatoms. The summed E-state index contributed by atoms with van der Waals surface area (Å²) in [4.78, 5) is 16.3. The van der Waals surface area contributed by atoms with Crippen LogP contribution in [0.1, 0.15) is 76.8 Å². The maximum atomic E-state index is 12.9. The molecule has 0 aromatic carbocycles. The second kappa shape index (κ2) is 11.0. The molecule has 0 aliphatic carbocycles. The lowest BCUT2D eigenvalue weighted by molar-refractivity contribution is -0.688. The molecule has 1 aliphatic rings. The molecule has 4 nitrogen and oxygen atoms in total. The fraction of sp³-hybridized carbons (Fsp3) is 0.810. The Balaban J connectivity index is 2.04. The van der Waals surface area contributed by atoms with Gasteiger partial charge in [-0.3, -0.25) is 4.79 Å². The number of hydrogen-bond donors (Lipinski definition) is 0. The zero-order valence-electron chi connectivity index (χ0n) is 17.1. The Morgan fingerprint density at radius 2 is 1.73 bits per heavy atom. The first kappa shape index (κ1) is 21.4. The smallest absolute Gasteiger partial charge is 0.288 e. The van der Waals surface area contributed by atoms with E-state index in [0.717, 1.165) is 12.8 Å². The maximum Gasteiger partial charge on any atom is 0.288 e. The average molecular weight is 382 g/mol. The van der Waals surface area contributed by atoms with Crippen molar-refractivity contribution in [1.82, 2.24) is 4.90 Å². The van der Waals surface area contributed by atoms with Crippen molar-refractivity contribution in [3.63, 3.8) is 0 Å². The fourth-order valence-electron chi connectivity index (χ4n) is 3.74. The van der Waals surface area contributed by atoms with E-state index in [1.807, 2.05) is 16.2 Å². The van der Waals surface area contributed by atoms with Gasteiger partial charge in [0.15, 0.2) is 5.69 Å². The number of ether oxygens (including phenoxy) is 1. The van der Waals surface area contributed by atoms with Crippen LogP contribution in [0.4, 0.5) is 0 Å². The lowest BCUT2D eigenvalue weighted by atomic mass is 10.1. The first-order chi connectivity index (χ1) is 12.5. The molecule has 1 fully saturated rings. The Hall–Kier alpha value is -0.940. The molecule has 1 aliphatic heterocycles. The molecule has 2 rings (SSSR count). The predicted octanol–water partition coefficient (Wildman–Crippen LogP) is 4.14. The van der Waals surface area contributed by atoms with Gasteiger partial charge in [0, 0.05) is 19.5 Å². The highest BCUT2D eigenvalue weighted by Gasteiger charge is 2.29. The Bertz CT molecular complexity index is 548. The molecule has 2 atom stereocenters. The second-order valence-corrected chi connectivity index (χ2v) is 8.63. The Morgan fingerprint density at radius 3 is 2.35 bits per heavy atom. The predicted molar refractivity (Wildman–Crippen MR) is 108 cm³/mol. The van der Waals surface area contributed by atoms with E-state index in [-0.39, 0.29) is 18.1 Å². The fourth-order valence-corrected chi connectivity index (χ4v) is 4.82. The van der Waals surface area contributed by atoms with E-state index in [1.165, 1.54) is 49.1 Å². The number of carbonyl (C=O) groups is 1. The van der Waals surface area contributed by atoms with Crippen molar-refractivity contribution in [2.45, 2.75) is 97.8 Å². The Kier molecular flexibility index (Phi) is 9.06. The number of aryl methyl sites for hydroxylation is 1. The van der Waals surface area contributed by atoms with Gasteiger partial charge in [-0.05, 0) is 33.1 Å². The lowest BCUT2D eigenvalue weighted by Crippen LogP contribution is -2.53. The molecule has 2 unspecified atom stereocenters. The monoisotopic (exact) mass is 381 g/mol. The summed E-state index contributed by atoms with van der Waals surface area (Å²) in [5.41, 5.74) is 3.58. The van der Waals surface area contributed by atoms with Crippen LogP contribution in [0, 0.1) is 0 Å². The molecular weight excluding hydrogens is 344 g/mol. The minimum absolute atomic E-state index is 0.129. The number of aromatic nitrogens is 1. The van der Waals surface area contributed by atoms with Crippen LogP contribution in [0.5, 0.6) is 0 Å². The molecule has 1 saturated heterocycles. The van der Waals surface area contributed by atoms with Gasteiger partial charge in [0.25, 0.3) is 5.91 Å². The first-order valence-corrected chi connectivity index (χ1v) is 11.3. The molecular formula is C21H37N2O2S+. The maximum absolute atomic E-state index is 12.9. The molecule has 0 radical (unpaired) electrons.